The predicted molar refractivity (Wildman–Crippen MR) is 368 cm³/mol. The molecule has 0 amide bonds. The molecule has 11 aliphatic rings. The molecule has 3 spiro atoms. The van der Waals surface area contributed by atoms with E-state index >= 15 is 0 Å². The third-order valence-electron chi connectivity index (χ3n) is 25.2. The standard InChI is InChI=1S/C76H108N6O7S2/c1-47(85)42-79-63(15-10-34-83)71-58-41-64(81-72(58)59-27-33-76(71)30-9-16-70(76)75(59)28-6-7-29-75)67(87)44-88-69-37-51(20-23-66(69)86)19-22-57-38-55(43-84)68(89-57)24-21-52-25-31-74-32-26-53-39-60(74)54(35-52)40-62(77)61(74)45-90-91-46-65(48(53)2)82-73(78)80-56-14-8-13-50(36-56)18-17-49-11-4-3-5-12-49/h3-5,11-12,20,23,26-27,32-33,37-38,41,47-48,50,52-54,56,59-63,65,67,70-71,79,81,83-87H,6-10,13-19,21-22,24-25,28-31,34-36,39-40,42-46,77H2,1-2H3,(H3,78,80,82). The van der Waals surface area contributed by atoms with Crippen molar-refractivity contribution < 1.29 is 34.7 Å². The summed E-state index contributed by atoms with van der Waals surface area (Å²) in [6, 6.07) is 21.4. The number of aliphatic hydroxyl groups is 4. The molecule has 0 radical (unpaired) electrons. The summed E-state index contributed by atoms with van der Waals surface area (Å²) in [6.45, 7) is 4.76. The molecule has 12 N–H and O–H groups in total. The molecule has 7 bridgehead atoms. The van der Waals surface area contributed by atoms with Crippen LogP contribution in [0, 0.1) is 63.6 Å². The van der Waals surface area contributed by atoms with Gasteiger partial charge >= 0.3 is 0 Å². The second-order valence-electron chi connectivity index (χ2n) is 30.4. The maximum atomic E-state index is 12.0. The highest BCUT2D eigenvalue weighted by Crippen LogP contribution is 2.73. The van der Waals surface area contributed by atoms with E-state index < -0.39 is 12.2 Å². The van der Waals surface area contributed by atoms with Crippen LogP contribution in [0.25, 0.3) is 0 Å². The minimum Gasteiger partial charge on any atom is -0.504 e. The molecule has 1 saturated heterocycles. The van der Waals surface area contributed by atoms with Crippen molar-refractivity contribution in [2.45, 2.75) is 223 Å². The van der Waals surface area contributed by atoms with Gasteiger partial charge in [-0.25, -0.2) is 4.99 Å². The van der Waals surface area contributed by atoms with Crippen molar-refractivity contribution in [2.75, 3.05) is 31.3 Å². The minimum atomic E-state index is -0.968. The predicted octanol–water partition coefficient (Wildman–Crippen LogP) is 13.3. The molecular formula is C76H108N6O7S2. The normalized spacial score (nSPS) is 34.2. The molecule has 5 saturated carbocycles. The van der Waals surface area contributed by atoms with Gasteiger partial charge in [-0.15, -0.1) is 0 Å². The van der Waals surface area contributed by atoms with E-state index in [2.05, 4.69) is 83.2 Å². The largest absolute Gasteiger partial charge is 0.504 e. The van der Waals surface area contributed by atoms with E-state index in [4.69, 9.17) is 25.6 Å². The summed E-state index contributed by atoms with van der Waals surface area (Å²) in [5, 5.41) is 62.1. The summed E-state index contributed by atoms with van der Waals surface area (Å²) in [6.07, 6.45) is 35.0. The summed E-state index contributed by atoms with van der Waals surface area (Å²) < 4.78 is 13.0. The quantitative estimate of drug-likeness (QED) is 0.0144. The first-order valence-electron chi connectivity index (χ1n) is 35.9. The van der Waals surface area contributed by atoms with Gasteiger partial charge in [0.15, 0.2) is 17.5 Å². The molecule has 18 unspecified atom stereocenters. The molecule has 91 heavy (non-hydrogen) atoms. The van der Waals surface area contributed by atoms with Gasteiger partial charge in [0.1, 0.15) is 24.2 Å². The highest BCUT2D eigenvalue weighted by atomic mass is 33.1. The SMILES string of the molecule is CC(O)CNC(CCCO)C1c2cc(C(O)COc3cc(CCc4cc(CO)c(CCC5CCC67C=CC8CC6C(C5)CC(N)C7CSSCC(N=C(N)NC5CCCC(CCc6ccccc6)C5)C8C)o4)ccc3O)[nH]c2C2C=CC13CCCC3C21CCCC1. The van der Waals surface area contributed by atoms with Crippen molar-refractivity contribution in [1.29, 1.82) is 0 Å². The van der Waals surface area contributed by atoms with Crippen LogP contribution in [0.2, 0.25) is 0 Å². The lowest BCUT2D eigenvalue weighted by Gasteiger charge is -2.56. The average Bonchev–Trinajstić information content (AvgIpc) is 1.51. The Morgan fingerprint density at radius 1 is 0.824 bits per heavy atom. The van der Waals surface area contributed by atoms with Crippen molar-refractivity contribution in [3.63, 3.8) is 0 Å². The van der Waals surface area contributed by atoms with Crippen molar-refractivity contribution in [2.24, 2.45) is 80.0 Å². The number of ether oxygens (including phenoxy) is 1. The molecule has 9 aliphatic carbocycles. The van der Waals surface area contributed by atoms with Gasteiger partial charge in [0.2, 0.25) is 0 Å². The van der Waals surface area contributed by atoms with Crippen LogP contribution < -0.4 is 26.8 Å². The van der Waals surface area contributed by atoms with Gasteiger partial charge in [-0.1, -0.05) is 121 Å². The van der Waals surface area contributed by atoms with Crippen LogP contribution >= 0.6 is 21.6 Å². The molecule has 15 rings (SSSR count). The lowest BCUT2D eigenvalue weighted by Crippen LogP contribution is -2.55. The van der Waals surface area contributed by atoms with Gasteiger partial charge in [-0.2, -0.15) is 0 Å². The molecule has 13 nitrogen and oxygen atoms in total. The number of nitrogens with two attached hydrogens (primary N) is 2. The number of furan rings is 1. The number of allylic oxidation sites excluding steroid dienone is 4. The second kappa shape index (κ2) is 28.6. The van der Waals surface area contributed by atoms with Gasteiger partial charge < -0.3 is 61.8 Å². The summed E-state index contributed by atoms with van der Waals surface area (Å²) in [4.78, 5) is 9.17. The number of hydrogen-bond acceptors (Lipinski definition) is 12. The summed E-state index contributed by atoms with van der Waals surface area (Å²) in [5.74, 6) is 9.34. The first kappa shape index (κ1) is 65.5. The van der Waals surface area contributed by atoms with Crippen LogP contribution in [0.4, 0.5) is 0 Å². The molecule has 2 aromatic carbocycles. The number of aliphatic imine (C=N–C) groups is 1. The number of guanidine groups is 1. The van der Waals surface area contributed by atoms with E-state index in [9.17, 15) is 25.5 Å². The maximum Gasteiger partial charge on any atom is 0.189 e. The molecule has 2 aromatic heterocycles. The summed E-state index contributed by atoms with van der Waals surface area (Å²) >= 11 is 0. The highest BCUT2D eigenvalue weighted by Gasteiger charge is 2.65. The lowest BCUT2D eigenvalue weighted by atomic mass is 9.50. The van der Waals surface area contributed by atoms with E-state index in [1.165, 1.54) is 100 Å². The number of fused-ring (bicyclic) bond motifs is 5. The van der Waals surface area contributed by atoms with Crippen LogP contribution in [-0.2, 0) is 32.3 Å². The second-order valence-corrected chi connectivity index (χ2v) is 33.0. The number of aromatic amines is 1. The average molecular weight is 1280 g/mol. The Kier molecular flexibility index (Phi) is 20.6. The number of aromatic hydroxyl groups is 1. The summed E-state index contributed by atoms with van der Waals surface area (Å²) in [7, 11) is 4.00. The number of aryl methyl sites for hydroxylation is 4. The number of hydrogen-bond donors (Lipinski definition) is 10. The van der Waals surface area contributed by atoms with Crippen LogP contribution in [0.5, 0.6) is 11.5 Å². The van der Waals surface area contributed by atoms with Gasteiger partial charge in [0.25, 0.3) is 0 Å². The zero-order valence-corrected chi connectivity index (χ0v) is 56.1. The van der Waals surface area contributed by atoms with Gasteiger partial charge in [0.05, 0.1) is 18.8 Å². The maximum absolute atomic E-state index is 12.0. The number of aliphatic hydroxyl groups excluding tert-OH is 4. The number of phenols is 1. The van der Waals surface area contributed by atoms with Gasteiger partial charge in [-0.05, 0) is 215 Å². The number of aromatic nitrogens is 1. The molecule has 2 aliphatic heterocycles. The molecule has 4 heterocycles. The van der Waals surface area contributed by atoms with Crippen molar-refractivity contribution in [1.82, 2.24) is 15.6 Å². The Morgan fingerprint density at radius 2 is 1.64 bits per heavy atom. The van der Waals surface area contributed by atoms with Crippen LogP contribution in [0.3, 0.4) is 0 Å². The topological polar surface area (TPSA) is 228 Å². The fourth-order valence-corrected chi connectivity index (χ4v) is 23.7. The Labute approximate surface area is 550 Å². The Balaban J connectivity index is 0.634. The molecular weight excluding hydrogens is 1170 g/mol. The molecule has 6 fully saturated rings. The first-order valence-corrected chi connectivity index (χ1v) is 38.4. The Hall–Kier alpha value is -4.19. The van der Waals surface area contributed by atoms with Gasteiger partial charge in [0, 0.05) is 89.8 Å². The fourth-order valence-electron chi connectivity index (χ4n) is 20.8. The smallest absolute Gasteiger partial charge is 0.189 e. The minimum absolute atomic E-state index is 0.0241. The van der Waals surface area contributed by atoms with E-state index in [0.29, 0.717) is 90.9 Å². The number of nitrogens with one attached hydrogen (secondary N) is 3. The fraction of sp³-hybridized carbons (Fsp3) is 0.671. The Bertz CT molecular complexity index is 3160. The molecule has 496 valence electrons. The Morgan fingerprint density at radius 3 is 2.46 bits per heavy atom. The van der Waals surface area contributed by atoms with E-state index in [-0.39, 0.29) is 71.8 Å². The molecule has 18 atom stereocenters. The lowest BCUT2D eigenvalue weighted by molar-refractivity contribution is -0.00497. The third-order valence-corrected chi connectivity index (χ3v) is 27.7. The monoisotopic (exact) mass is 1280 g/mol. The van der Waals surface area contributed by atoms with Crippen LogP contribution in [-0.4, -0.2) is 98.0 Å². The highest BCUT2D eigenvalue weighted by molar-refractivity contribution is 8.76. The van der Waals surface area contributed by atoms with E-state index in [0.717, 1.165) is 91.2 Å². The van der Waals surface area contributed by atoms with Crippen LogP contribution in [0.15, 0.2) is 94.4 Å². The summed E-state index contributed by atoms with van der Waals surface area (Å²) in [5.41, 5.74) is 20.9. The first-order chi connectivity index (χ1) is 44.3. The molecule has 15 heteroatoms. The molecule has 4 aromatic rings. The number of rotatable bonds is 23. The number of phenolic OH excluding ortho intramolecular Hbond substituents is 1. The number of H-pyrrole nitrogens is 1. The number of nitrogens with zero attached hydrogens (tertiary/aromatic N) is 1. The van der Waals surface area contributed by atoms with Crippen molar-refractivity contribution >= 4 is 27.5 Å². The van der Waals surface area contributed by atoms with Crippen molar-refractivity contribution in [3.05, 3.63) is 130 Å². The number of benzene rings is 2. The third kappa shape index (κ3) is 13.6. The zero-order valence-electron chi connectivity index (χ0n) is 54.5. The van der Waals surface area contributed by atoms with E-state index in [1.807, 2.05) is 46.7 Å². The van der Waals surface area contributed by atoms with Gasteiger partial charge in [-0.3, -0.25) is 0 Å². The van der Waals surface area contributed by atoms with Crippen LogP contribution in [0.1, 0.15) is 205 Å². The van der Waals surface area contributed by atoms with Crippen molar-refractivity contribution in [3.8, 4) is 11.5 Å². The zero-order chi connectivity index (χ0) is 62.9. The van der Waals surface area contributed by atoms with E-state index in [1.54, 1.807) is 6.07 Å².